The van der Waals surface area contributed by atoms with Crippen molar-refractivity contribution >= 4 is 0 Å². The minimum atomic E-state index is -0.705. The molecule has 1 aromatic carbocycles. The summed E-state index contributed by atoms with van der Waals surface area (Å²) in [4.78, 5) is 0. The average Bonchev–Trinajstić information content (AvgIpc) is 2.30. The van der Waals surface area contributed by atoms with E-state index >= 15 is 0 Å². The number of ether oxygens (including phenoxy) is 2. The number of hydrogen-bond acceptors (Lipinski definition) is 4. The number of benzene rings is 1. The molecule has 0 spiro atoms. The summed E-state index contributed by atoms with van der Waals surface area (Å²) in [6.45, 7) is 0.603. The van der Waals surface area contributed by atoms with Crippen LogP contribution in [0.25, 0.3) is 0 Å². The van der Waals surface area contributed by atoms with Crippen molar-refractivity contribution in [1.29, 1.82) is 5.26 Å². The fourth-order valence-electron chi connectivity index (χ4n) is 1.20. The van der Waals surface area contributed by atoms with Crippen molar-refractivity contribution in [2.75, 3.05) is 13.7 Å². The van der Waals surface area contributed by atoms with Crippen molar-refractivity contribution in [2.24, 2.45) is 0 Å². The number of methoxy groups -OCH3 is 1. The van der Waals surface area contributed by atoms with Gasteiger partial charge in [-0.2, -0.15) is 5.26 Å². The third-order valence-electron chi connectivity index (χ3n) is 2.06. The van der Waals surface area contributed by atoms with Crippen molar-refractivity contribution in [3.8, 4) is 11.8 Å². The highest BCUT2D eigenvalue weighted by molar-refractivity contribution is 5.26. The molecule has 1 atom stereocenters. The fraction of sp³-hybridized carbons (Fsp3) is 0.417. The molecular weight excluding hydrogens is 206 g/mol. The normalized spacial score (nSPS) is 11.8. The zero-order valence-corrected chi connectivity index (χ0v) is 9.22. The van der Waals surface area contributed by atoms with Crippen LogP contribution in [-0.2, 0) is 11.3 Å². The van der Waals surface area contributed by atoms with Crippen LogP contribution in [0, 0.1) is 11.3 Å². The van der Waals surface area contributed by atoms with Gasteiger partial charge in [0.15, 0.2) is 0 Å². The van der Waals surface area contributed by atoms with E-state index in [1.165, 1.54) is 0 Å². The van der Waals surface area contributed by atoms with Crippen molar-refractivity contribution in [1.82, 2.24) is 0 Å². The lowest BCUT2D eigenvalue weighted by Crippen LogP contribution is -2.14. The van der Waals surface area contributed by atoms with E-state index in [2.05, 4.69) is 0 Å². The Morgan fingerprint density at radius 2 is 2.06 bits per heavy atom. The second-order valence-corrected chi connectivity index (χ2v) is 3.38. The summed E-state index contributed by atoms with van der Waals surface area (Å²) in [5.74, 6) is 0.799. The van der Waals surface area contributed by atoms with E-state index in [4.69, 9.17) is 14.7 Å². The van der Waals surface area contributed by atoms with Crippen molar-refractivity contribution in [3.63, 3.8) is 0 Å². The number of nitrogens with zero attached hydrogens (tertiary/aromatic N) is 1. The zero-order chi connectivity index (χ0) is 11.8. The number of nitriles is 1. The van der Waals surface area contributed by atoms with Crippen molar-refractivity contribution in [2.45, 2.75) is 19.1 Å². The summed E-state index contributed by atoms with van der Waals surface area (Å²) in [6.07, 6.45) is -0.606. The first-order chi connectivity index (χ1) is 7.76. The Bertz CT molecular complexity index is 342. The first-order valence-corrected chi connectivity index (χ1v) is 5.02. The maximum Gasteiger partial charge on any atom is 0.118 e. The molecule has 1 aromatic rings. The van der Waals surface area contributed by atoms with Gasteiger partial charge in [-0.1, -0.05) is 12.1 Å². The molecule has 0 aliphatic rings. The minimum absolute atomic E-state index is 0.0998. The molecule has 16 heavy (non-hydrogen) atoms. The van der Waals surface area contributed by atoms with Crippen LogP contribution < -0.4 is 4.74 Å². The lowest BCUT2D eigenvalue weighted by atomic mass is 10.2. The zero-order valence-electron chi connectivity index (χ0n) is 9.22. The first kappa shape index (κ1) is 12.5. The monoisotopic (exact) mass is 221 g/mol. The van der Waals surface area contributed by atoms with Crippen LogP contribution in [0.4, 0.5) is 0 Å². The summed E-state index contributed by atoms with van der Waals surface area (Å²) in [5, 5.41) is 17.6. The van der Waals surface area contributed by atoms with E-state index < -0.39 is 6.10 Å². The van der Waals surface area contributed by atoms with Crippen LogP contribution in [0.15, 0.2) is 24.3 Å². The van der Waals surface area contributed by atoms with Crippen molar-refractivity contribution < 1.29 is 14.6 Å². The molecule has 0 radical (unpaired) electrons. The summed E-state index contributed by atoms with van der Waals surface area (Å²) in [6, 6.07) is 9.38. The SMILES string of the molecule is COc1ccc(COCC(O)CC#N)cc1. The Hall–Kier alpha value is -1.57. The molecule has 0 aliphatic heterocycles. The van der Waals surface area contributed by atoms with Gasteiger partial charge in [0.1, 0.15) is 5.75 Å². The van der Waals surface area contributed by atoms with Gasteiger partial charge >= 0.3 is 0 Å². The average molecular weight is 221 g/mol. The summed E-state index contributed by atoms with van der Waals surface area (Å²) in [7, 11) is 1.61. The van der Waals surface area contributed by atoms with Crippen LogP contribution in [0.1, 0.15) is 12.0 Å². The molecule has 86 valence electrons. The van der Waals surface area contributed by atoms with Crippen LogP contribution >= 0.6 is 0 Å². The number of aliphatic hydroxyl groups excluding tert-OH is 1. The van der Waals surface area contributed by atoms with E-state index in [-0.39, 0.29) is 13.0 Å². The standard InChI is InChI=1S/C12H15NO3/c1-15-12-4-2-10(3-5-12)8-16-9-11(14)6-7-13/h2-5,11,14H,6,8-9H2,1H3. The third-order valence-corrected chi connectivity index (χ3v) is 2.06. The Balaban J connectivity index is 2.29. The second-order valence-electron chi connectivity index (χ2n) is 3.38. The molecular formula is C12H15NO3. The van der Waals surface area contributed by atoms with E-state index in [0.717, 1.165) is 11.3 Å². The smallest absolute Gasteiger partial charge is 0.118 e. The van der Waals surface area contributed by atoms with Gasteiger partial charge in [0.05, 0.1) is 38.9 Å². The van der Waals surface area contributed by atoms with Gasteiger partial charge in [-0.05, 0) is 17.7 Å². The van der Waals surface area contributed by atoms with Gasteiger partial charge in [-0.3, -0.25) is 0 Å². The van der Waals surface area contributed by atoms with Crippen molar-refractivity contribution in [3.05, 3.63) is 29.8 Å². The molecule has 0 saturated heterocycles. The second kappa shape index (κ2) is 6.83. The van der Waals surface area contributed by atoms with Gasteiger partial charge in [-0.15, -0.1) is 0 Å². The van der Waals surface area contributed by atoms with E-state index in [0.29, 0.717) is 6.61 Å². The minimum Gasteiger partial charge on any atom is -0.497 e. The van der Waals surface area contributed by atoms with E-state index in [1.807, 2.05) is 30.3 Å². The van der Waals surface area contributed by atoms with Crippen LogP contribution in [0.2, 0.25) is 0 Å². The number of aliphatic hydroxyl groups is 1. The highest BCUT2D eigenvalue weighted by Crippen LogP contribution is 2.11. The number of hydrogen-bond donors (Lipinski definition) is 1. The summed E-state index contributed by atoms with van der Waals surface area (Å²) >= 11 is 0. The maximum atomic E-state index is 9.24. The highest BCUT2D eigenvalue weighted by atomic mass is 16.5. The molecule has 4 heteroatoms. The lowest BCUT2D eigenvalue weighted by Gasteiger charge is -2.08. The number of rotatable bonds is 6. The molecule has 0 saturated carbocycles. The Morgan fingerprint density at radius 3 is 2.62 bits per heavy atom. The topological polar surface area (TPSA) is 62.5 Å². The van der Waals surface area contributed by atoms with Gasteiger partial charge < -0.3 is 14.6 Å². The third kappa shape index (κ3) is 4.30. The lowest BCUT2D eigenvalue weighted by molar-refractivity contribution is 0.0309. The predicted octanol–water partition coefficient (Wildman–Crippen LogP) is 1.49. The maximum absolute atomic E-state index is 9.24. The Kier molecular flexibility index (Phi) is 5.34. The largest absolute Gasteiger partial charge is 0.497 e. The predicted molar refractivity (Wildman–Crippen MR) is 58.9 cm³/mol. The van der Waals surface area contributed by atoms with Gasteiger partial charge in [0.2, 0.25) is 0 Å². The molecule has 0 aromatic heterocycles. The van der Waals surface area contributed by atoms with Crippen LogP contribution in [0.5, 0.6) is 5.75 Å². The Morgan fingerprint density at radius 1 is 1.38 bits per heavy atom. The molecule has 0 aliphatic carbocycles. The van der Waals surface area contributed by atoms with E-state index in [9.17, 15) is 5.11 Å². The Labute approximate surface area is 95.0 Å². The summed E-state index contributed by atoms with van der Waals surface area (Å²) < 4.78 is 10.3. The quantitative estimate of drug-likeness (QED) is 0.790. The molecule has 1 N–H and O–H groups in total. The highest BCUT2D eigenvalue weighted by Gasteiger charge is 2.03. The van der Waals surface area contributed by atoms with Gasteiger partial charge in [0, 0.05) is 0 Å². The fourth-order valence-corrected chi connectivity index (χ4v) is 1.20. The summed E-state index contributed by atoms with van der Waals surface area (Å²) in [5.41, 5.74) is 1.00. The van der Waals surface area contributed by atoms with Gasteiger partial charge in [-0.25, -0.2) is 0 Å². The van der Waals surface area contributed by atoms with Crippen LogP contribution in [-0.4, -0.2) is 24.9 Å². The molecule has 1 unspecified atom stereocenters. The molecule has 0 fully saturated rings. The van der Waals surface area contributed by atoms with Gasteiger partial charge in [0.25, 0.3) is 0 Å². The molecule has 4 nitrogen and oxygen atoms in total. The molecule has 0 heterocycles. The molecule has 1 rings (SSSR count). The molecule has 0 amide bonds. The van der Waals surface area contributed by atoms with E-state index in [1.54, 1.807) is 7.11 Å². The first-order valence-electron chi connectivity index (χ1n) is 5.02. The van der Waals surface area contributed by atoms with Crippen LogP contribution in [0.3, 0.4) is 0 Å². The molecule has 0 bridgehead atoms.